The van der Waals surface area contributed by atoms with Crippen LogP contribution in [0.4, 0.5) is 29.3 Å². The van der Waals surface area contributed by atoms with E-state index in [0.29, 0.717) is 0 Å². The molecule has 4 nitrogen and oxygen atoms in total. The predicted octanol–water partition coefficient (Wildman–Crippen LogP) is 5.35. The van der Waals surface area contributed by atoms with E-state index in [9.17, 15) is 23.1 Å². The molecule has 2 amide bonds. The molecule has 0 aromatic heterocycles. The number of amides is 2. The van der Waals surface area contributed by atoms with Gasteiger partial charge < -0.3 is 15.7 Å². The van der Waals surface area contributed by atoms with E-state index in [-0.39, 0.29) is 22.5 Å². The molecule has 3 N–H and O–H groups in total. The van der Waals surface area contributed by atoms with Gasteiger partial charge in [0.15, 0.2) is 0 Å². The van der Waals surface area contributed by atoms with Crippen LogP contribution in [0.3, 0.4) is 0 Å². The van der Waals surface area contributed by atoms with Crippen LogP contribution in [0.25, 0.3) is 0 Å². The van der Waals surface area contributed by atoms with E-state index in [0.717, 1.165) is 17.7 Å². The smallest absolute Gasteiger partial charge is 0.418 e. The third-order valence-corrected chi connectivity index (χ3v) is 3.59. The quantitative estimate of drug-likeness (QED) is 0.638. The maximum atomic E-state index is 13.0. The zero-order valence-corrected chi connectivity index (χ0v) is 14.0. The molecule has 0 spiro atoms. The lowest BCUT2D eigenvalue weighted by atomic mass is 9.87. The van der Waals surface area contributed by atoms with E-state index in [1.165, 1.54) is 18.2 Å². The summed E-state index contributed by atoms with van der Waals surface area (Å²) in [4.78, 5) is 12.1. The molecule has 0 radical (unpaired) electrons. The van der Waals surface area contributed by atoms with Crippen LogP contribution in [-0.4, -0.2) is 11.1 Å². The summed E-state index contributed by atoms with van der Waals surface area (Å²) in [6.45, 7) is 5.88. The molecule has 0 aliphatic rings. The van der Waals surface area contributed by atoms with Crippen LogP contribution in [0.5, 0.6) is 5.75 Å². The fourth-order valence-electron chi connectivity index (χ4n) is 2.22. The monoisotopic (exact) mass is 352 g/mol. The Bertz CT molecular complexity index is 781. The molecule has 2 rings (SSSR count). The standard InChI is InChI=1S/C18H19F3N2O2/c1-17(2,3)11-8-9-15(24)14(10-11)23-16(25)22-13-7-5-4-6-12(13)18(19,20)21/h4-10,24H,1-3H3,(H2,22,23,25). The summed E-state index contributed by atoms with van der Waals surface area (Å²) in [5.74, 6) is -0.174. The summed E-state index contributed by atoms with van der Waals surface area (Å²) < 4.78 is 38.9. The number of halogens is 3. The van der Waals surface area contributed by atoms with Crippen molar-refractivity contribution in [2.24, 2.45) is 0 Å². The zero-order chi connectivity index (χ0) is 18.8. The topological polar surface area (TPSA) is 61.4 Å². The first kappa shape index (κ1) is 18.6. The molecule has 0 saturated carbocycles. The first-order valence-corrected chi connectivity index (χ1v) is 7.56. The highest BCUT2D eigenvalue weighted by Gasteiger charge is 2.33. The maximum Gasteiger partial charge on any atom is 0.418 e. The van der Waals surface area contributed by atoms with Crippen LogP contribution in [0.2, 0.25) is 0 Å². The van der Waals surface area contributed by atoms with Gasteiger partial charge in [-0.2, -0.15) is 13.2 Å². The van der Waals surface area contributed by atoms with E-state index in [2.05, 4.69) is 10.6 Å². The van der Waals surface area contributed by atoms with Crippen LogP contribution < -0.4 is 10.6 Å². The molecule has 0 unspecified atom stereocenters. The molecule has 0 saturated heterocycles. The minimum absolute atomic E-state index is 0.120. The molecule has 2 aromatic rings. The van der Waals surface area contributed by atoms with Crippen molar-refractivity contribution in [3.8, 4) is 5.75 Å². The van der Waals surface area contributed by atoms with Gasteiger partial charge in [-0.25, -0.2) is 4.79 Å². The number of carbonyl (C=O) groups is 1. The molecule has 0 fully saturated rings. The second-order valence-electron chi connectivity index (χ2n) is 6.60. The Balaban J connectivity index is 2.22. The van der Waals surface area contributed by atoms with E-state index in [1.807, 2.05) is 20.8 Å². The molecule has 0 bridgehead atoms. The number of hydrogen-bond acceptors (Lipinski definition) is 2. The van der Waals surface area contributed by atoms with Crippen LogP contribution in [0, 0.1) is 0 Å². The highest BCUT2D eigenvalue weighted by Crippen LogP contribution is 2.35. The zero-order valence-electron chi connectivity index (χ0n) is 14.0. The van der Waals surface area contributed by atoms with Gasteiger partial charge in [-0.1, -0.05) is 39.0 Å². The van der Waals surface area contributed by atoms with Crippen molar-refractivity contribution in [1.29, 1.82) is 0 Å². The van der Waals surface area contributed by atoms with E-state index in [4.69, 9.17) is 0 Å². The van der Waals surface area contributed by atoms with E-state index in [1.54, 1.807) is 12.1 Å². The Hall–Kier alpha value is -2.70. The normalized spacial score (nSPS) is 11.9. The number of anilines is 2. The number of carbonyl (C=O) groups excluding carboxylic acids is 1. The Morgan fingerprint density at radius 1 is 0.960 bits per heavy atom. The molecular weight excluding hydrogens is 333 g/mol. The Kier molecular flexibility index (Phi) is 4.97. The van der Waals surface area contributed by atoms with Crippen molar-refractivity contribution in [1.82, 2.24) is 0 Å². The number of phenolic OH excluding ortho intramolecular Hbond substituents is 1. The van der Waals surface area contributed by atoms with Gasteiger partial charge in [-0.3, -0.25) is 0 Å². The summed E-state index contributed by atoms with van der Waals surface area (Å²) in [7, 11) is 0. The first-order chi connectivity index (χ1) is 11.5. The van der Waals surface area contributed by atoms with Gasteiger partial charge >= 0.3 is 12.2 Å². The molecule has 0 aliphatic heterocycles. The second-order valence-corrected chi connectivity index (χ2v) is 6.60. The second kappa shape index (κ2) is 6.66. The highest BCUT2D eigenvalue weighted by atomic mass is 19.4. The van der Waals surface area contributed by atoms with Crippen molar-refractivity contribution in [2.75, 3.05) is 10.6 Å². The van der Waals surface area contributed by atoms with Gasteiger partial charge in [0.05, 0.1) is 16.9 Å². The Morgan fingerprint density at radius 2 is 1.56 bits per heavy atom. The van der Waals surface area contributed by atoms with Crippen LogP contribution in [0.1, 0.15) is 31.9 Å². The Labute approximate surface area is 143 Å². The molecule has 2 aromatic carbocycles. The van der Waals surface area contributed by atoms with Crippen LogP contribution in [0.15, 0.2) is 42.5 Å². The molecular formula is C18H19F3N2O2. The maximum absolute atomic E-state index is 13.0. The summed E-state index contributed by atoms with van der Waals surface area (Å²) in [5.41, 5.74) is -0.550. The van der Waals surface area contributed by atoms with Gasteiger partial charge in [0.1, 0.15) is 5.75 Å². The molecule has 7 heteroatoms. The lowest BCUT2D eigenvalue weighted by molar-refractivity contribution is -0.136. The predicted molar refractivity (Wildman–Crippen MR) is 90.9 cm³/mol. The number of alkyl halides is 3. The summed E-state index contributed by atoms with van der Waals surface area (Å²) in [5, 5.41) is 14.4. The lowest BCUT2D eigenvalue weighted by Gasteiger charge is -2.20. The number of urea groups is 1. The van der Waals surface area contributed by atoms with Crippen molar-refractivity contribution >= 4 is 17.4 Å². The van der Waals surface area contributed by atoms with Crippen LogP contribution in [-0.2, 0) is 11.6 Å². The summed E-state index contributed by atoms with van der Waals surface area (Å²) in [6.07, 6.45) is -4.59. The lowest BCUT2D eigenvalue weighted by Crippen LogP contribution is -2.22. The molecule has 0 heterocycles. The fraction of sp³-hybridized carbons (Fsp3) is 0.278. The van der Waals surface area contributed by atoms with Gasteiger partial charge in [0.2, 0.25) is 0 Å². The fourth-order valence-corrected chi connectivity index (χ4v) is 2.22. The molecule has 0 atom stereocenters. The van der Waals surface area contributed by atoms with E-state index < -0.39 is 17.8 Å². The largest absolute Gasteiger partial charge is 0.506 e. The average molecular weight is 352 g/mol. The molecule has 25 heavy (non-hydrogen) atoms. The highest BCUT2D eigenvalue weighted by molar-refractivity contribution is 6.01. The SMILES string of the molecule is CC(C)(C)c1ccc(O)c(NC(=O)Nc2ccccc2C(F)(F)F)c1. The van der Waals surface area contributed by atoms with Gasteiger partial charge in [-0.15, -0.1) is 0 Å². The summed E-state index contributed by atoms with van der Waals surface area (Å²) >= 11 is 0. The Morgan fingerprint density at radius 3 is 2.16 bits per heavy atom. The number of benzene rings is 2. The number of nitrogens with one attached hydrogen (secondary N) is 2. The third kappa shape index (κ3) is 4.65. The third-order valence-electron chi connectivity index (χ3n) is 3.59. The van der Waals surface area contributed by atoms with Crippen LogP contribution >= 0.6 is 0 Å². The number of aromatic hydroxyl groups is 1. The number of phenols is 1. The van der Waals surface area contributed by atoms with Crippen molar-refractivity contribution in [3.05, 3.63) is 53.6 Å². The van der Waals surface area contributed by atoms with Crippen molar-refractivity contribution in [3.63, 3.8) is 0 Å². The van der Waals surface area contributed by atoms with Crippen molar-refractivity contribution in [2.45, 2.75) is 32.4 Å². The summed E-state index contributed by atoms with van der Waals surface area (Å²) in [6, 6.07) is 8.54. The molecule has 134 valence electrons. The van der Waals surface area contributed by atoms with Gasteiger partial charge in [0, 0.05) is 0 Å². The molecule has 0 aliphatic carbocycles. The minimum atomic E-state index is -4.59. The van der Waals surface area contributed by atoms with Gasteiger partial charge in [-0.05, 0) is 35.2 Å². The average Bonchev–Trinajstić information content (AvgIpc) is 2.47. The van der Waals surface area contributed by atoms with Crippen molar-refractivity contribution < 1.29 is 23.1 Å². The van der Waals surface area contributed by atoms with Gasteiger partial charge in [0.25, 0.3) is 0 Å². The first-order valence-electron chi connectivity index (χ1n) is 7.56. The number of para-hydroxylation sites is 1. The minimum Gasteiger partial charge on any atom is -0.506 e. The number of rotatable bonds is 2. The number of hydrogen-bond donors (Lipinski definition) is 3. The van der Waals surface area contributed by atoms with E-state index >= 15 is 0 Å².